The number of nitrogens with zero attached hydrogens (tertiary/aromatic N) is 1. The average Bonchev–Trinajstić information content (AvgIpc) is 2.20. The van der Waals surface area contributed by atoms with E-state index in [-0.39, 0.29) is 5.41 Å². The molecule has 0 radical (unpaired) electrons. The van der Waals surface area contributed by atoms with E-state index in [9.17, 15) is 0 Å². The summed E-state index contributed by atoms with van der Waals surface area (Å²) in [5.41, 5.74) is 1.41. The van der Waals surface area contributed by atoms with Gasteiger partial charge in [0.25, 0.3) is 0 Å². The second-order valence-corrected chi connectivity index (χ2v) is 4.66. The van der Waals surface area contributed by atoms with Gasteiger partial charge >= 0.3 is 0 Å². The van der Waals surface area contributed by atoms with E-state index in [1.54, 1.807) is 0 Å². The highest BCUT2D eigenvalue weighted by Gasteiger charge is 2.21. The van der Waals surface area contributed by atoms with Gasteiger partial charge in [-0.15, -0.1) is 0 Å². The Morgan fingerprint density at radius 3 is 2.19 bits per heavy atom. The summed E-state index contributed by atoms with van der Waals surface area (Å²) in [5, 5.41) is 12.4. The molecule has 88 valence electrons. The number of ether oxygens (including phenoxy) is 1. The molecule has 3 heteroatoms. The highest BCUT2D eigenvalue weighted by atomic mass is 16.5. The molecule has 0 spiro atoms. The molecule has 0 atom stereocenters. The van der Waals surface area contributed by atoms with Crippen molar-refractivity contribution in [1.82, 2.24) is 0 Å². The Hall–Kier alpha value is -1.51. The van der Waals surface area contributed by atoms with Crippen LogP contribution in [0.4, 0.5) is 0 Å². The average molecular weight is 221 g/mol. The fraction of sp³-hybridized carbons (Fsp3) is 0.462. The molecule has 1 N–H and O–H groups in total. The first-order valence-electron chi connectivity index (χ1n) is 5.44. The van der Waals surface area contributed by atoms with Gasteiger partial charge in [0.2, 0.25) is 0 Å². The summed E-state index contributed by atoms with van der Waals surface area (Å²) in [6.07, 6.45) is 0. The first-order chi connectivity index (χ1) is 7.49. The summed E-state index contributed by atoms with van der Waals surface area (Å²) in [7, 11) is 0. The second kappa shape index (κ2) is 5.01. The lowest BCUT2D eigenvalue weighted by Gasteiger charge is -2.20. The van der Waals surface area contributed by atoms with Crippen LogP contribution in [0.3, 0.4) is 0 Å². The van der Waals surface area contributed by atoms with Gasteiger partial charge in [0.05, 0.1) is 12.3 Å². The molecule has 0 aliphatic rings. The molecule has 1 aromatic carbocycles. The molecule has 0 unspecified atom stereocenters. The Bertz CT molecular complexity index is 361. The number of hydrogen-bond acceptors (Lipinski definition) is 3. The third-order valence-corrected chi connectivity index (χ3v) is 2.25. The van der Waals surface area contributed by atoms with Crippen molar-refractivity contribution in [1.29, 1.82) is 0 Å². The van der Waals surface area contributed by atoms with Gasteiger partial charge in [-0.1, -0.05) is 25.9 Å². The van der Waals surface area contributed by atoms with E-state index in [1.807, 2.05) is 52.0 Å². The van der Waals surface area contributed by atoms with Gasteiger partial charge in [0.15, 0.2) is 0 Å². The molecule has 1 rings (SSSR count). The predicted octanol–water partition coefficient (Wildman–Crippen LogP) is 3.31. The Labute approximate surface area is 96.7 Å². The molecule has 0 saturated carbocycles. The standard InChI is InChI=1S/C13H19NO2/c1-5-16-11-8-6-10(7-9-11)12(14-15)13(2,3)4/h6-9,15H,5H2,1-4H3. The first-order valence-corrected chi connectivity index (χ1v) is 5.44. The normalized spacial score (nSPS) is 12.6. The van der Waals surface area contributed by atoms with Crippen molar-refractivity contribution in [3.8, 4) is 5.75 Å². The number of oxime groups is 1. The summed E-state index contributed by atoms with van der Waals surface area (Å²) >= 11 is 0. The minimum Gasteiger partial charge on any atom is -0.494 e. The van der Waals surface area contributed by atoms with Crippen LogP contribution in [0.25, 0.3) is 0 Å². The molecule has 0 amide bonds. The van der Waals surface area contributed by atoms with E-state index < -0.39 is 0 Å². The lowest BCUT2D eigenvalue weighted by molar-refractivity contribution is 0.311. The molecule has 0 aromatic heterocycles. The van der Waals surface area contributed by atoms with Gasteiger partial charge in [0, 0.05) is 11.0 Å². The van der Waals surface area contributed by atoms with Crippen LogP contribution < -0.4 is 4.74 Å². The lowest BCUT2D eigenvalue weighted by Crippen LogP contribution is -2.21. The van der Waals surface area contributed by atoms with E-state index in [0.717, 1.165) is 11.3 Å². The van der Waals surface area contributed by atoms with Crippen molar-refractivity contribution < 1.29 is 9.94 Å². The summed E-state index contributed by atoms with van der Waals surface area (Å²) in [6, 6.07) is 7.59. The molecule has 0 aliphatic heterocycles. The van der Waals surface area contributed by atoms with Crippen LogP contribution in [0, 0.1) is 5.41 Å². The quantitative estimate of drug-likeness (QED) is 0.483. The number of benzene rings is 1. The zero-order valence-electron chi connectivity index (χ0n) is 10.3. The third kappa shape index (κ3) is 2.99. The molecule has 0 fully saturated rings. The summed E-state index contributed by atoms with van der Waals surface area (Å²) in [6.45, 7) is 8.64. The Morgan fingerprint density at radius 1 is 1.25 bits per heavy atom. The van der Waals surface area contributed by atoms with Crippen molar-refractivity contribution >= 4 is 5.71 Å². The van der Waals surface area contributed by atoms with Crippen LogP contribution >= 0.6 is 0 Å². The highest BCUT2D eigenvalue weighted by molar-refractivity contribution is 6.03. The van der Waals surface area contributed by atoms with E-state index in [1.165, 1.54) is 0 Å². The fourth-order valence-corrected chi connectivity index (χ4v) is 1.52. The van der Waals surface area contributed by atoms with Crippen molar-refractivity contribution in [2.75, 3.05) is 6.61 Å². The maximum Gasteiger partial charge on any atom is 0.119 e. The Balaban J connectivity index is 2.97. The number of rotatable bonds is 3. The van der Waals surface area contributed by atoms with Crippen molar-refractivity contribution in [3.63, 3.8) is 0 Å². The molecular formula is C13H19NO2. The van der Waals surface area contributed by atoms with Crippen LogP contribution in [0.1, 0.15) is 33.3 Å². The molecule has 0 aliphatic carbocycles. The van der Waals surface area contributed by atoms with Gasteiger partial charge in [0.1, 0.15) is 5.75 Å². The third-order valence-electron chi connectivity index (χ3n) is 2.25. The first kappa shape index (κ1) is 12.6. The van der Waals surface area contributed by atoms with E-state index in [2.05, 4.69) is 5.16 Å². The zero-order chi connectivity index (χ0) is 12.2. The van der Waals surface area contributed by atoms with Crippen molar-refractivity contribution in [2.24, 2.45) is 10.6 Å². The van der Waals surface area contributed by atoms with Crippen LogP contribution in [0.2, 0.25) is 0 Å². The fourth-order valence-electron chi connectivity index (χ4n) is 1.52. The van der Waals surface area contributed by atoms with Gasteiger partial charge in [-0.3, -0.25) is 0 Å². The van der Waals surface area contributed by atoms with Gasteiger partial charge < -0.3 is 9.94 Å². The second-order valence-electron chi connectivity index (χ2n) is 4.66. The van der Waals surface area contributed by atoms with Gasteiger partial charge in [-0.05, 0) is 31.2 Å². The van der Waals surface area contributed by atoms with Crippen LogP contribution in [-0.4, -0.2) is 17.5 Å². The highest BCUT2D eigenvalue weighted by Crippen LogP contribution is 2.23. The van der Waals surface area contributed by atoms with Crippen molar-refractivity contribution in [3.05, 3.63) is 29.8 Å². The summed E-state index contributed by atoms with van der Waals surface area (Å²) in [4.78, 5) is 0. The SMILES string of the molecule is CCOc1ccc(C(=NO)C(C)(C)C)cc1. The zero-order valence-corrected chi connectivity index (χ0v) is 10.3. The predicted molar refractivity (Wildman–Crippen MR) is 65.4 cm³/mol. The molecule has 1 aromatic rings. The Morgan fingerprint density at radius 2 is 1.81 bits per heavy atom. The lowest BCUT2D eigenvalue weighted by atomic mass is 9.86. The minimum atomic E-state index is -0.179. The number of hydrogen-bond donors (Lipinski definition) is 1. The van der Waals surface area contributed by atoms with E-state index in [4.69, 9.17) is 9.94 Å². The van der Waals surface area contributed by atoms with Gasteiger partial charge in [-0.2, -0.15) is 0 Å². The van der Waals surface area contributed by atoms with Crippen molar-refractivity contribution in [2.45, 2.75) is 27.7 Å². The maximum atomic E-state index is 9.04. The Kier molecular flexibility index (Phi) is 3.93. The molecule has 0 bridgehead atoms. The minimum absolute atomic E-state index is 0.179. The summed E-state index contributed by atoms with van der Waals surface area (Å²) < 4.78 is 5.36. The monoisotopic (exact) mass is 221 g/mol. The van der Waals surface area contributed by atoms with Crippen LogP contribution in [0.15, 0.2) is 29.4 Å². The molecule has 3 nitrogen and oxygen atoms in total. The molecule has 16 heavy (non-hydrogen) atoms. The van der Waals surface area contributed by atoms with Gasteiger partial charge in [-0.25, -0.2) is 0 Å². The van der Waals surface area contributed by atoms with Crippen LogP contribution in [-0.2, 0) is 0 Å². The topological polar surface area (TPSA) is 41.8 Å². The largest absolute Gasteiger partial charge is 0.494 e. The van der Waals surface area contributed by atoms with Crippen LogP contribution in [0.5, 0.6) is 5.75 Å². The molecule has 0 heterocycles. The molecular weight excluding hydrogens is 202 g/mol. The summed E-state index contributed by atoms with van der Waals surface area (Å²) in [5.74, 6) is 0.831. The molecule has 0 saturated heterocycles. The maximum absolute atomic E-state index is 9.04. The van der Waals surface area contributed by atoms with E-state index in [0.29, 0.717) is 12.3 Å². The van der Waals surface area contributed by atoms with E-state index >= 15 is 0 Å². The smallest absolute Gasteiger partial charge is 0.119 e.